The van der Waals surface area contributed by atoms with Crippen molar-refractivity contribution in [2.45, 2.75) is 18.7 Å². The highest BCUT2D eigenvalue weighted by Crippen LogP contribution is 2.35. The molecule has 4 rings (SSSR count). The summed E-state index contributed by atoms with van der Waals surface area (Å²) in [6, 6.07) is 21.4. The Labute approximate surface area is 203 Å². The molecule has 0 saturated heterocycles. The third-order valence-electron chi connectivity index (χ3n) is 4.90. The van der Waals surface area contributed by atoms with Crippen molar-refractivity contribution in [3.63, 3.8) is 0 Å². The molecule has 0 unspecified atom stereocenters. The Morgan fingerprint density at radius 2 is 1.42 bits per heavy atom. The molecule has 1 N–H and O–H groups in total. The number of hydrogen-bond donors (Lipinski definition) is 1. The fourth-order valence-corrected chi connectivity index (χ4v) is 4.37. The molecule has 1 aromatic heterocycles. The van der Waals surface area contributed by atoms with Gasteiger partial charge >= 0.3 is 0 Å². The number of halogens is 4. The van der Waals surface area contributed by atoms with Gasteiger partial charge in [0, 0.05) is 44.8 Å². The fraction of sp³-hybridized carbons (Fsp3) is 0.125. The average Bonchev–Trinajstić information content (AvgIpc) is 3.27. The van der Waals surface area contributed by atoms with Crippen molar-refractivity contribution in [1.29, 1.82) is 0 Å². The standard InChI is InChI=1S/C14H13BCl2.C10H8Cl2N2/c15-9-12(10-5-1-3-7-13(10)16)11-6-2-4-8-14(11)17;11-8-2-1-7(9(12)6-8)5-10-13-3-4-14-10/h1-8,12H,9,15H2;1-4,6H,5H2,(H,13,14). The van der Waals surface area contributed by atoms with Crippen molar-refractivity contribution in [3.8, 4) is 0 Å². The highest BCUT2D eigenvalue weighted by atomic mass is 35.5. The van der Waals surface area contributed by atoms with Crippen LogP contribution in [0.4, 0.5) is 0 Å². The first-order valence-electron chi connectivity index (χ1n) is 9.90. The summed E-state index contributed by atoms with van der Waals surface area (Å²) < 4.78 is 0. The molecule has 0 bridgehead atoms. The average molecular weight is 490 g/mol. The maximum atomic E-state index is 6.26. The normalized spacial score (nSPS) is 10.6. The zero-order valence-corrected chi connectivity index (χ0v) is 20.0. The highest BCUT2D eigenvalue weighted by Gasteiger charge is 2.16. The lowest BCUT2D eigenvalue weighted by molar-refractivity contribution is 0.920. The SMILES string of the molecule is BCC(c1ccccc1Cl)c1ccccc1Cl.Clc1ccc(Cc2ncc[nH]2)c(Cl)c1. The minimum Gasteiger partial charge on any atom is -0.348 e. The van der Waals surface area contributed by atoms with Gasteiger partial charge in [-0.3, -0.25) is 0 Å². The number of H-pyrrole nitrogens is 1. The highest BCUT2D eigenvalue weighted by molar-refractivity contribution is 6.35. The zero-order chi connectivity index (χ0) is 22.2. The maximum Gasteiger partial charge on any atom is 0.110 e. The predicted molar refractivity (Wildman–Crippen MR) is 136 cm³/mol. The molecular weight excluding hydrogens is 469 g/mol. The molecule has 31 heavy (non-hydrogen) atoms. The summed E-state index contributed by atoms with van der Waals surface area (Å²) in [7, 11) is 2.15. The van der Waals surface area contributed by atoms with Gasteiger partial charge in [-0.15, -0.1) is 0 Å². The van der Waals surface area contributed by atoms with Crippen molar-refractivity contribution < 1.29 is 0 Å². The molecule has 0 aliphatic rings. The van der Waals surface area contributed by atoms with E-state index in [-0.39, 0.29) is 5.92 Å². The number of aromatic nitrogens is 2. The van der Waals surface area contributed by atoms with Crippen LogP contribution in [-0.2, 0) is 6.42 Å². The molecule has 0 radical (unpaired) electrons. The van der Waals surface area contributed by atoms with Gasteiger partial charge in [-0.2, -0.15) is 0 Å². The van der Waals surface area contributed by atoms with Gasteiger partial charge in [0.2, 0.25) is 0 Å². The van der Waals surface area contributed by atoms with Crippen LogP contribution in [0.25, 0.3) is 0 Å². The quantitative estimate of drug-likeness (QED) is 0.289. The molecule has 2 nitrogen and oxygen atoms in total. The van der Waals surface area contributed by atoms with E-state index in [1.54, 1.807) is 18.5 Å². The molecule has 0 aliphatic carbocycles. The van der Waals surface area contributed by atoms with Crippen LogP contribution in [-0.4, -0.2) is 17.8 Å². The maximum absolute atomic E-state index is 6.26. The number of aromatic amines is 1. The summed E-state index contributed by atoms with van der Waals surface area (Å²) in [5, 5.41) is 2.94. The largest absolute Gasteiger partial charge is 0.348 e. The van der Waals surface area contributed by atoms with E-state index in [4.69, 9.17) is 46.4 Å². The lowest BCUT2D eigenvalue weighted by atomic mass is 9.81. The Balaban J connectivity index is 0.000000179. The van der Waals surface area contributed by atoms with Crippen molar-refractivity contribution in [1.82, 2.24) is 9.97 Å². The van der Waals surface area contributed by atoms with E-state index in [9.17, 15) is 0 Å². The smallest absolute Gasteiger partial charge is 0.110 e. The number of nitrogens with zero attached hydrogens (tertiary/aromatic N) is 1. The van der Waals surface area contributed by atoms with Crippen LogP contribution in [0, 0.1) is 0 Å². The zero-order valence-electron chi connectivity index (χ0n) is 17.0. The molecule has 7 heteroatoms. The van der Waals surface area contributed by atoms with Crippen LogP contribution in [0.15, 0.2) is 79.1 Å². The molecule has 0 saturated carbocycles. The van der Waals surface area contributed by atoms with E-state index in [1.807, 2.05) is 48.5 Å². The molecule has 1 heterocycles. The Morgan fingerprint density at radius 1 is 0.806 bits per heavy atom. The first kappa shape index (κ1) is 23.8. The van der Waals surface area contributed by atoms with Crippen molar-refractivity contribution in [3.05, 3.63) is 122 Å². The summed E-state index contributed by atoms with van der Waals surface area (Å²) in [5.74, 6) is 1.16. The number of benzene rings is 3. The summed E-state index contributed by atoms with van der Waals surface area (Å²) in [6.07, 6.45) is 5.19. The van der Waals surface area contributed by atoms with Gasteiger partial charge in [0.1, 0.15) is 13.7 Å². The van der Waals surface area contributed by atoms with Gasteiger partial charge in [0.25, 0.3) is 0 Å². The van der Waals surface area contributed by atoms with Gasteiger partial charge in [0.15, 0.2) is 0 Å². The van der Waals surface area contributed by atoms with Gasteiger partial charge in [0.05, 0.1) is 0 Å². The minimum absolute atomic E-state index is 0.261. The third-order valence-corrected chi connectivity index (χ3v) is 6.17. The summed E-state index contributed by atoms with van der Waals surface area (Å²) in [4.78, 5) is 7.15. The van der Waals surface area contributed by atoms with Gasteiger partial charge in [-0.25, -0.2) is 4.98 Å². The third kappa shape index (κ3) is 6.54. The molecule has 0 aliphatic heterocycles. The second-order valence-electron chi connectivity index (χ2n) is 6.95. The number of nitrogens with one attached hydrogen (secondary N) is 1. The first-order valence-corrected chi connectivity index (χ1v) is 11.4. The molecule has 0 spiro atoms. The predicted octanol–water partition coefficient (Wildman–Crippen LogP) is 7.48. The monoisotopic (exact) mass is 488 g/mol. The van der Waals surface area contributed by atoms with Gasteiger partial charge in [-0.05, 0) is 41.0 Å². The van der Waals surface area contributed by atoms with E-state index in [2.05, 4.69) is 29.9 Å². The molecule has 0 fully saturated rings. The Kier molecular flexibility index (Phi) is 8.92. The molecule has 0 atom stereocenters. The van der Waals surface area contributed by atoms with Crippen LogP contribution in [0.3, 0.4) is 0 Å². The van der Waals surface area contributed by atoms with E-state index >= 15 is 0 Å². The number of rotatable bonds is 5. The number of hydrogen-bond acceptors (Lipinski definition) is 1. The van der Waals surface area contributed by atoms with E-state index in [0.29, 0.717) is 16.5 Å². The van der Waals surface area contributed by atoms with Crippen LogP contribution < -0.4 is 0 Å². The van der Waals surface area contributed by atoms with Crippen LogP contribution >= 0.6 is 46.4 Å². The lowest BCUT2D eigenvalue weighted by Crippen LogP contribution is -2.02. The van der Waals surface area contributed by atoms with Crippen molar-refractivity contribution in [2.75, 3.05) is 0 Å². The minimum atomic E-state index is 0.261. The second-order valence-corrected chi connectivity index (χ2v) is 8.61. The summed E-state index contributed by atoms with van der Waals surface area (Å²) in [6.45, 7) is 0. The summed E-state index contributed by atoms with van der Waals surface area (Å²) >= 11 is 24.3. The molecule has 3 aromatic carbocycles. The topological polar surface area (TPSA) is 28.7 Å². The van der Waals surface area contributed by atoms with Crippen LogP contribution in [0.1, 0.15) is 28.4 Å². The molecule has 158 valence electrons. The number of imidazole rings is 1. The van der Waals surface area contributed by atoms with E-state index in [0.717, 1.165) is 38.9 Å². The second kappa shape index (κ2) is 11.6. The Morgan fingerprint density at radius 3 is 1.90 bits per heavy atom. The fourth-order valence-electron chi connectivity index (χ4n) is 3.36. The first-order chi connectivity index (χ1) is 15.0. The van der Waals surface area contributed by atoms with Crippen LogP contribution in [0.5, 0.6) is 0 Å². The Hall–Kier alpha value is -1.91. The Bertz CT molecular complexity index is 1070. The van der Waals surface area contributed by atoms with E-state index < -0.39 is 0 Å². The molecular formula is C24H21BCl4N2. The lowest BCUT2D eigenvalue weighted by Gasteiger charge is -2.18. The molecule has 4 aromatic rings. The van der Waals surface area contributed by atoms with Gasteiger partial charge < -0.3 is 4.98 Å². The van der Waals surface area contributed by atoms with Crippen molar-refractivity contribution >= 4 is 54.3 Å². The molecule has 0 amide bonds. The summed E-state index contributed by atoms with van der Waals surface area (Å²) in [5.41, 5.74) is 3.31. The van der Waals surface area contributed by atoms with Gasteiger partial charge in [-0.1, -0.05) is 95.2 Å². The van der Waals surface area contributed by atoms with Crippen LogP contribution in [0.2, 0.25) is 26.4 Å². The van der Waals surface area contributed by atoms with E-state index in [1.165, 1.54) is 0 Å². The van der Waals surface area contributed by atoms with Crippen molar-refractivity contribution in [2.24, 2.45) is 0 Å².